The van der Waals surface area contributed by atoms with Gasteiger partial charge in [-0.25, -0.2) is 4.39 Å². The smallest absolute Gasteiger partial charge is 0.257 e. The summed E-state index contributed by atoms with van der Waals surface area (Å²) in [4.78, 5) is 17.1. The largest absolute Gasteiger partial charge is 0.322 e. The van der Waals surface area contributed by atoms with Gasteiger partial charge in [0, 0.05) is 11.1 Å². The van der Waals surface area contributed by atoms with E-state index in [4.69, 9.17) is 0 Å². The standard InChI is InChI=1S/C19H17FN2O/c1-11-4-6-18-14(8-11)10-16(13(3)21-18)19(23)22-17-7-5-15(20)9-12(17)2/h4-10H,1-3H3,(H,22,23). The predicted molar refractivity (Wildman–Crippen MR) is 90.3 cm³/mol. The zero-order chi connectivity index (χ0) is 16.6. The van der Waals surface area contributed by atoms with Crippen LogP contribution in [0.1, 0.15) is 27.2 Å². The second kappa shape index (κ2) is 5.80. The van der Waals surface area contributed by atoms with Gasteiger partial charge in [0.15, 0.2) is 0 Å². The summed E-state index contributed by atoms with van der Waals surface area (Å²) in [5.41, 5.74) is 4.44. The van der Waals surface area contributed by atoms with Crippen LogP contribution in [0.5, 0.6) is 0 Å². The minimum absolute atomic E-state index is 0.242. The van der Waals surface area contributed by atoms with Gasteiger partial charge >= 0.3 is 0 Å². The molecule has 0 aliphatic carbocycles. The third-order valence-corrected chi connectivity index (χ3v) is 3.84. The average molecular weight is 308 g/mol. The van der Waals surface area contributed by atoms with Gasteiger partial charge in [-0.1, -0.05) is 11.6 Å². The number of hydrogen-bond acceptors (Lipinski definition) is 2. The van der Waals surface area contributed by atoms with Crippen LogP contribution >= 0.6 is 0 Å². The third kappa shape index (κ3) is 3.06. The molecule has 1 N–H and O–H groups in total. The van der Waals surface area contributed by atoms with Crippen molar-refractivity contribution in [3.8, 4) is 0 Å². The zero-order valence-electron chi connectivity index (χ0n) is 13.3. The molecular formula is C19H17FN2O. The van der Waals surface area contributed by atoms with Crippen LogP contribution < -0.4 is 5.32 Å². The summed E-state index contributed by atoms with van der Waals surface area (Å²) in [5, 5.41) is 3.76. The summed E-state index contributed by atoms with van der Waals surface area (Å²) in [6.45, 7) is 5.57. The minimum atomic E-state index is -0.320. The monoisotopic (exact) mass is 308 g/mol. The Labute approximate surface area is 134 Å². The number of hydrogen-bond donors (Lipinski definition) is 1. The molecule has 0 radical (unpaired) electrons. The Bertz CT molecular complexity index is 919. The average Bonchev–Trinajstić information content (AvgIpc) is 2.49. The van der Waals surface area contributed by atoms with Crippen molar-refractivity contribution in [3.05, 3.63) is 70.7 Å². The van der Waals surface area contributed by atoms with Gasteiger partial charge in [-0.2, -0.15) is 0 Å². The highest BCUT2D eigenvalue weighted by Crippen LogP contribution is 2.21. The molecule has 3 nitrogen and oxygen atoms in total. The molecular weight excluding hydrogens is 291 g/mol. The SMILES string of the molecule is Cc1ccc2nc(C)c(C(=O)Nc3ccc(F)cc3C)cc2c1. The number of anilines is 1. The highest BCUT2D eigenvalue weighted by Gasteiger charge is 2.13. The van der Waals surface area contributed by atoms with Gasteiger partial charge < -0.3 is 5.32 Å². The summed E-state index contributed by atoms with van der Waals surface area (Å²) in [6.07, 6.45) is 0. The lowest BCUT2D eigenvalue weighted by Crippen LogP contribution is -2.15. The van der Waals surface area contributed by atoms with Gasteiger partial charge in [0.05, 0.1) is 16.8 Å². The molecule has 0 atom stereocenters. The lowest BCUT2D eigenvalue weighted by molar-refractivity contribution is 0.102. The molecule has 2 aromatic carbocycles. The van der Waals surface area contributed by atoms with E-state index >= 15 is 0 Å². The molecule has 3 aromatic rings. The van der Waals surface area contributed by atoms with Crippen LogP contribution in [0.15, 0.2) is 42.5 Å². The Morgan fingerprint density at radius 1 is 1.04 bits per heavy atom. The van der Waals surface area contributed by atoms with Gasteiger partial charge in [-0.05, 0) is 62.7 Å². The molecule has 0 spiro atoms. The Kier molecular flexibility index (Phi) is 3.82. The molecule has 1 amide bonds. The molecule has 4 heteroatoms. The van der Waals surface area contributed by atoms with E-state index in [-0.39, 0.29) is 11.7 Å². The maximum atomic E-state index is 13.2. The first-order valence-corrected chi connectivity index (χ1v) is 7.39. The van der Waals surface area contributed by atoms with Gasteiger partial charge in [0.2, 0.25) is 0 Å². The summed E-state index contributed by atoms with van der Waals surface area (Å²) in [7, 11) is 0. The minimum Gasteiger partial charge on any atom is -0.322 e. The first-order valence-electron chi connectivity index (χ1n) is 7.39. The number of aromatic nitrogens is 1. The highest BCUT2D eigenvalue weighted by molar-refractivity contribution is 6.07. The van der Waals surface area contributed by atoms with Crippen LogP contribution in [0.25, 0.3) is 10.9 Å². The predicted octanol–water partition coefficient (Wildman–Crippen LogP) is 4.55. The molecule has 1 heterocycles. The number of halogens is 1. The quantitative estimate of drug-likeness (QED) is 0.754. The molecule has 116 valence electrons. The number of nitrogens with one attached hydrogen (secondary N) is 1. The highest BCUT2D eigenvalue weighted by atomic mass is 19.1. The number of rotatable bonds is 2. The number of amides is 1. The second-order valence-corrected chi connectivity index (χ2v) is 5.73. The molecule has 0 saturated heterocycles. The van der Waals surface area contributed by atoms with Crippen molar-refractivity contribution in [2.45, 2.75) is 20.8 Å². The van der Waals surface area contributed by atoms with Crippen LogP contribution in [0.2, 0.25) is 0 Å². The number of carbonyl (C=O) groups excluding carboxylic acids is 1. The van der Waals surface area contributed by atoms with Crippen LogP contribution in [0.3, 0.4) is 0 Å². The van der Waals surface area contributed by atoms with Gasteiger partial charge in [-0.15, -0.1) is 0 Å². The van der Waals surface area contributed by atoms with Crippen LogP contribution in [0, 0.1) is 26.6 Å². The number of fused-ring (bicyclic) bond motifs is 1. The molecule has 0 unspecified atom stereocenters. The maximum absolute atomic E-state index is 13.2. The second-order valence-electron chi connectivity index (χ2n) is 5.73. The van der Waals surface area contributed by atoms with Crippen molar-refractivity contribution in [2.24, 2.45) is 0 Å². The van der Waals surface area contributed by atoms with Crippen molar-refractivity contribution in [1.82, 2.24) is 4.98 Å². The fourth-order valence-corrected chi connectivity index (χ4v) is 2.58. The molecule has 0 aliphatic heterocycles. The van der Waals surface area contributed by atoms with Gasteiger partial charge in [-0.3, -0.25) is 9.78 Å². The van der Waals surface area contributed by atoms with Crippen molar-refractivity contribution in [2.75, 3.05) is 5.32 Å². The van der Waals surface area contributed by atoms with E-state index in [2.05, 4.69) is 10.3 Å². The van der Waals surface area contributed by atoms with E-state index in [1.165, 1.54) is 12.1 Å². The topological polar surface area (TPSA) is 42.0 Å². The first kappa shape index (κ1) is 15.2. The summed E-state index contributed by atoms with van der Waals surface area (Å²) < 4.78 is 13.2. The molecule has 0 bridgehead atoms. The van der Waals surface area contributed by atoms with E-state index in [1.54, 1.807) is 13.0 Å². The number of aryl methyl sites for hydroxylation is 3. The molecule has 0 aliphatic rings. The van der Waals surface area contributed by atoms with Crippen LogP contribution in [-0.2, 0) is 0 Å². The Morgan fingerprint density at radius 2 is 1.83 bits per heavy atom. The van der Waals surface area contributed by atoms with Crippen molar-refractivity contribution >= 4 is 22.5 Å². The summed E-state index contributed by atoms with van der Waals surface area (Å²) in [5.74, 6) is -0.562. The van der Waals surface area contributed by atoms with Crippen molar-refractivity contribution in [1.29, 1.82) is 0 Å². The zero-order valence-corrected chi connectivity index (χ0v) is 13.3. The van der Waals surface area contributed by atoms with E-state index < -0.39 is 0 Å². The van der Waals surface area contributed by atoms with E-state index in [0.29, 0.717) is 22.5 Å². The lowest BCUT2D eigenvalue weighted by atomic mass is 10.1. The maximum Gasteiger partial charge on any atom is 0.257 e. The number of nitrogens with zero attached hydrogens (tertiary/aromatic N) is 1. The number of carbonyl (C=O) groups is 1. The Hall–Kier alpha value is -2.75. The van der Waals surface area contributed by atoms with Gasteiger partial charge in [0.1, 0.15) is 5.82 Å². The molecule has 1 aromatic heterocycles. The van der Waals surface area contributed by atoms with Crippen LogP contribution in [-0.4, -0.2) is 10.9 Å². The number of benzene rings is 2. The van der Waals surface area contributed by atoms with Gasteiger partial charge in [0.25, 0.3) is 5.91 Å². The molecule has 0 fully saturated rings. The normalized spacial score (nSPS) is 10.8. The summed E-state index contributed by atoms with van der Waals surface area (Å²) >= 11 is 0. The van der Waals surface area contributed by atoms with E-state index in [1.807, 2.05) is 38.1 Å². The Balaban J connectivity index is 1.98. The fraction of sp³-hybridized carbons (Fsp3) is 0.158. The fourth-order valence-electron chi connectivity index (χ4n) is 2.58. The van der Waals surface area contributed by atoms with Crippen LogP contribution in [0.4, 0.5) is 10.1 Å². The number of pyridine rings is 1. The first-order chi connectivity index (χ1) is 10.9. The van der Waals surface area contributed by atoms with E-state index in [9.17, 15) is 9.18 Å². The van der Waals surface area contributed by atoms with E-state index in [0.717, 1.165) is 16.5 Å². The molecule has 3 rings (SSSR count). The van der Waals surface area contributed by atoms with Crippen molar-refractivity contribution < 1.29 is 9.18 Å². The Morgan fingerprint density at radius 3 is 2.57 bits per heavy atom. The lowest BCUT2D eigenvalue weighted by Gasteiger charge is -2.11. The third-order valence-electron chi connectivity index (χ3n) is 3.84. The summed E-state index contributed by atoms with van der Waals surface area (Å²) in [6, 6.07) is 12.1. The van der Waals surface area contributed by atoms with Crippen molar-refractivity contribution in [3.63, 3.8) is 0 Å². The molecule has 0 saturated carbocycles. The molecule has 23 heavy (non-hydrogen) atoms.